The number of benzene rings is 3. The molecule has 2 bridgehead atoms. The number of anilines is 1. The summed E-state index contributed by atoms with van der Waals surface area (Å²) in [6.45, 7) is 4.68. The summed E-state index contributed by atoms with van der Waals surface area (Å²) in [5, 5.41) is 16.1. The summed E-state index contributed by atoms with van der Waals surface area (Å²) in [5.74, 6) is 2.00. The molecule has 0 saturated carbocycles. The van der Waals surface area contributed by atoms with Gasteiger partial charge in [0.05, 0.1) is 22.1 Å². The van der Waals surface area contributed by atoms with Crippen LogP contribution in [-0.2, 0) is 0 Å². The fourth-order valence-corrected chi connectivity index (χ4v) is 8.97. The van der Waals surface area contributed by atoms with Crippen LogP contribution >= 0.6 is 0 Å². The molecule has 0 spiro atoms. The van der Waals surface area contributed by atoms with Gasteiger partial charge in [-0.1, -0.05) is 12.0 Å². The summed E-state index contributed by atoms with van der Waals surface area (Å²) in [4.78, 5) is 14.1. The van der Waals surface area contributed by atoms with E-state index in [1.807, 2.05) is 6.07 Å². The fraction of sp³-hybridized carbons (Fsp3) is 0.405. The lowest BCUT2D eigenvalue weighted by atomic mass is 9.91. The standard InChI is InChI=1S/C37H34F3N5O3/c1-3-25-28(39)8-5-20-12-24(46)13-26(29(20)25)30-32(40)33-31(27-11-19(2)48-34(27)30)35(45-22-6-7-23(45)16-41-15-22)43-36(42-33)47-18-37-9-4-10-44(37)17-21(38)14-37/h1,5,8,11-13,21-23,41,46H,4,6-7,9-10,14-18H2,2H3/t21-,22?,23?,37+/m1/s1. The lowest BCUT2D eigenvalue weighted by molar-refractivity contribution is 0.107. The van der Waals surface area contributed by atoms with E-state index >= 15 is 8.78 Å². The maximum Gasteiger partial charge on any atom is 0.319 e. The average molecular weight is 654 g/mol. The monoisotopic (exact) mass is 653 g/mol. The molecular weight excluding hydrogens is 619 g/mol. The van der Waals surface area contributed by atoms with Gasteiger partial charge in [-0.05, 0) is 68.8 Å². The van der Waals surface area contributed by atoms with Crippen molar-refractivity contribution in [2.75, 3.05) is 37.7 Å². The molecule has 6 heterocycles. The molecule has 246 valence electrons. The number of hydrogen-bond donors (Lipinski definition) is 2. The number of furan rings is 1. The number of alkyl halides is 1. The number of nitrogens with one attached hydrogen (secondary N) is 1. The zero-order valence-electron chi connectivity index (χ0n) is 26.5. The van der Waals surface area contributed by atoms with Gasteiger partial charge in [-0.15, -0.1) is 6.42 Å². The van der Waals surface area contributed by atoms with Gasteiger partial charge in [0.15, 0.2) is 5.82 Å². The van der Waals surface area contributed by atoms with Gasteiger partial charge in [0.1, 0.15) is 47.0 Å². The van der Waals surface area contributed by atoms with Crippen LogP contribution in [0.5, 0.6) is 11.8 Å². The highest BCUT2D eigenvalue weighted by atomic mass is 19.1. The summed E-state index contributed by atoms with van der Waals surface area (Å²) in [7, 11) is 0. The molecule has 9 rings (SSSR count). The number of halogens is 3. The summed E-state index contributed by atoms with van der Waals surface area (Å²) < 4.78 is 59.8. The molecular formula is C37H34F3N5O3. The van der Waals surface area contributed by atoms with E-state index in [0.717, 1.165) is 45.3 Å². The largest absolute Gasteiger partial charge is 0.508 e. The Morgan fingerprint density at radius 3 is 2.75 bits per heavy atom. The van der Waals surface area contributed by atoms with Crippen LogP contribution in [0.1, 0.15) is 43.4 Å². The van der Waals surface area contributed by atoms with Crippen molar-refractivity contribution in [3.05, 3.63) is 53.3 Å². The second-order valence-electron chi connectivity index (χ2n) is 13.8. The van der Waals surface area contributed by atoms with Gasteiger partial charge in [-0.25, -0.2) is 13.2 Å². The van der Waals surface area contributed by atoms with Crippen LogP contribution in [-0.4, -0.2) is 76.6 Å². The number of fused-ring (bicyclic) bond motifs is 7. The van der Waals surface area contributed by atoms with Crippen LogP contribution in [0.2, 0.25) is 0 Å². The Morgan fingerprint density at radius 1 is 1.15 bits per heavy atom. The molecule has 0 amide bonds. The van der Waals surface area contributed by atoms with Crippen LogP contribution < -0.4 is 15.0 Å². The number of aromatic hydroxyl groups is 1. The zero-order chi connectivity index (χ0) is 32.9. The van der Waals surface area contributed by atoms with E-state index in [2.05, 4.69) is 21.0 Å². The van der Waals surface area contributed by atoms with Crippen LogP contribution in [0.15, 0.2) is 34.7 Å². The van der Waals surface area contributed by atoms with E-state index in [0.29, 0.717) is 40.7 Å². The molecule has 4 aliphatic rings. The minimum Gasteiger partial charge on any atom is -0.508 e. The summed E-state index contributed by atoms with van der Waals surface area (Å²) in [6, 6.07) is 7.70. The lowest BCUT2D eigenvalue weighted by Crippen LogP contribution is -2.52. The molecule has 4 saturated heterocycles. The zero-order valence-corrected chi connectivity index (χ0v) is 26.5. The molecule has 2 unspecified atom stereocenters. The van der Waals surface area contributed by atoms with Crippen LogP contribution in [0.25, 0.3) is 43.8 Å². The van der Waals surface area contributed by atoms with Gasteiger partial charge in [0.25, 0.3) is 0 Å². The predicted molar refractivity (Wildman–Crippen MR) is 177 cm³/mol. The lowest BCUT2D eigenvalue weighted by Gasteiger charge is -2.37. The minimum atomic E-state index is -0.925. The molecule has 11 heteroatoms. The molecule has 48 heavy (non-hydrogen) atoms. The average Bonchev–Trinajstić information content (AvgIpc) is 3.78. The first-order chi connectivity index (χ1) is 23.2. The number of aryl methyl sites for hydroxylation is 1. The summed E-state index contributed by atoms with van der Waals surface area (Å²) >= 11 is 0. The van der Waals surface area contributed by atoms with Crippen molar-refractivity contribution < 1.29 is 27.4 Å². The van der Waals surface area contributed by atoms with Gasteiger partial charge in [-0.3, -0.25) is 4.90 Å². The van der Waals surface area contributed by atoms with Gasteiger partial charge >= 0.3 is 6.01 Å². The third kappa shape index (κ3) is 4.31. The molecule has 8 nitrogen and oxygen atoms in total. The Labute approximate surface area is 274 Å². The third-order valence-corrected chi connectivity index (χ3v) is 11.0. The number of phenols is 1. The second kappa shape index (κ2) is 10.7. The van der Waals surface area contributed by atoms with Crippen molar-refractivity contribution in [2.45, 2.75) is 62.8 Å². The third-order valence-electron chi connectivity index (χ3n) is 11.0. The number of piperazine rings is 1. The molecule has 4 fully saturated rings. The van der Waals surface area contributed by atoms with Crippen LogP contribution in [0.4, 0.5) is 19.0 Å². The molecule has 0 radical (unpaired) electrons. The number of ether oxygens (including phenoxy) is 1. The first-order valence-corrected chi connectivity index (χ1v) is 16.6. The maximum absolute atomic E-state index is 17.5. The second-order valence-corrected chi connectivity index (χ2v) is 13.8. The molecule has 4 atom stereocenters. The Balaban J connectivity index is 1.31. The number of hydrogen-bond acceptors (Lipinski definition) is 8. The highest BCUT2D eigenvalue weighted by molar-refractivity contribution is 6.18. The Kier molecular flexibility index (Phi) is 6.62. The SMILES string of the molecule is C#Cc1c(F)ccc2cc(O)cc(-c3c(F)c4nc(OC[C@@]56CCCN5C[C@H](F)C6)nc(N5C6CCC5CNC6)c4c4cc(C)oc34)c12. The number of nitrogens with zero attached hydrogens (tertiary/aromatic N) is 4. The van der Waals surface area contributed by atoms with E-state index in [4.69, 9.17) is 25.5 Å². The van der Waals surface area contributed by atoms with Crippen molar-refractivity contribution >= 4 is 38.5 Å². The van der Waals surface area contributed by atoms with Gasteiger partial charge in [-0.2, -0.15) is 9.97 Å². The topological polar surface area (TPSA) is 86.9 Å². The number of rotatable bonds is 5. The molecule has 2 aromatic heterocycles. The Morgan fingerprint density at radius 2 is 1.96 bits per heavy atom. The number of terminal acetylenes is 1. The van der Waals surface area contributed by atoms with Crippen LogP contribution in [0, 0.1) is 30.9 Å². The molecule has 5 aromatic rings. The first-order valence-electron chi connectivity index (χ1n) is 16.6. The highest BCUT2D eigenvalue weighted by Crippen LogP contribution is 2.48. The van der Waals surface area contributed by atoms with Gasteiger partial charge < -0.3 is 24.5 Å². The highest BCUT2D eigenvalue weighted by Gasteiger charge is 2.49. The van der Waals surface area contributed by atoms with Crippen molar-refractivity contribution in [3.63, 3.8) is 0 Å². The Hall–Kier alpha value is -4.53. The molecule has 2 N–H and O–H groups in total. The van der Waals surface area contributed by atoms with Gasteiger partial charge in [0, 0.05) is 54.5 Å². The Bertz CT molecular complexity index is 2180. The van der Waals surface area contributed by atoms with E-state index in [1.165, 1.54) is 24.3 Å². The fourth-order valence-electron chi connectivity index (χ4n) is 8.97. The first kappa shape index (κ1) is 29.6. The van der Waals surface area contributed by atoms with Crippen molar-refractivity contribution in [3.8, 4) is 35.2 Å². The summed E-state index contributed by atoms with van der Waals surface area (Å²) in [6.07, 6.45) is 8.92. The van der Waals surface area contributed by atoms with E-state index < -0.39 is 23.3 Å². The predicted octanol–water partition coefficient (Wildman–Crippen LogP) is 6.37. The molecule has 0 aliphatic carbocycles. The number of aromatic nitrogens is 2. The normalized spacial score (nSPS) is 25.4. The number of phenolic OH excluding ortho intramolecular Hbond substituents is 1. The minimum absolute atomic E-state index is 0.00380. The van der Waals surface area contributed by atoms with E-state index in [-0.39, 0.29) is 63.6 Å². The van der Waals surface area contributed by atoms with Gasteiger partial charge in [0.2, 0.25) is 0 Å². The molecule has 3 aromatic carbocycles. The van der Waals surface area contributed by atoms with E-state index in [1.54, 1.807) is 6.92 Å². The van der Waals surface area contributed by atoms with Crippen molar-refractivity contribution in [2.24, 2.45) is 0 Å². The smallest absolute Gasteiger partial charge is 0.319 e. The van der Waals surface area contributed by atoms with E-state index in [9.17, 15) is 9.50 Å². The van der Waals surface area contributed by atoms with Crippen LogP contribution in [0.3, 0.4) is 0 Å². The quantitative estimate of drug-likeness (QED) is 0.212. The van der Waals surface area contributed by atoms with Crippen molar-refractivity contribution in [1.82, 2.24) is 20.2 Å². The maximum atomic E-state index is 17.5. The summed E-state index contributed by atoms with van der Waals surface area (Å²) in [5.41, 5.74) is -0.0748. The molecule has 4 aliphatic heterocycles. The van der Waals surface area contributed by atoms with Crippen molar-refractivity contribution in [1.29, 1.82) is 0 Å².